The molecule has 0 saturated heterocycles. The molecule has 0 heterocycles. The summed E-state index contributed by atoms with van der Waals surface area (Å²) in [7, 11) is 1.45. The van der Waals surface area contributed by atoms with E-state index in [1.807, 2.05) is 21.1 Å². The van der Waals surface area contributed by atoms with Gasteiger partial charge in [-0.15, -0.1) is 0 Å². The minimum Gasteiger partial charge on any atom is -0.462 e. The average Bonchev–Trinajstić information content (AvgIpc) is 3.06. The maximum atomic E-state index is 12.6. The number of hydrogen-bond acceptors (Lipinski definition) is 7. The lowest BCUT2D eigenvalue weighted by atomic mass is 10.1. The van der Waals surface area contributed by atoms with E-state index in [9.17, 15) is 19.0 Å². The van der Waals surface area contributed by atoms with Crippen molar-refractivity contribution in [2.45, 2.75) is 148 Å². The maximum Gasteiger partial charge on any atom is 0.472 e. The number of allylic oxidation sites excluding steroid dienone is 8. The molecule has 2 unspecified atom stereocenters. The molecule has 0 aromatic rings. The van der Waals surface area contributed by atoms with Gasteiger partial charge in [0.15, 0.2) is 6.10 Å². The van der Waals surface area contributed by atoms with Crippen LogP contribution < -0.4 is 0 Å². The first-order chi connectivity index (χ1) is 24.0. The van der Waals surface area contributed by atoms with Crippen molar-refractivity contribution in [1.29, 1.82) is 0 Å². The zero-order valence-electron chi connectivity index (χ0n) is 32.4. The SMILES string of the molecule is CCC/C=C\C/C=C\CCCCCCCC(=O)OCC(COP(=O)(O)OCC[N+](C)(C)C)OC(=O)CCCCCCC/C=C\C/C=C\CCC. The van der Waals surface area contributed by atoms with Crippen LogP contribution in [0.1, 0.15) is 142 Å². The topological polar surface area (TPSA) is 108 Å². The fraction of sp³-hybridized carbons (Fsp3) is 0.750. The normalized spacial score (nSPS) is 14.3. The lowest BCUT2D eigenvalue weighted by Gasteiger charge is -2.24. The number of nitrogens with zero attached hydrogens (tertiary/aromatic N) is 1. The van der Waals surface area contributed by atoms with Gasteiger partial charge in [0.1, 0.15) is 19.8 Å². The van der Waals surface area contributed by atoms with Crippen molar-refractivity contribution in [3.05, 3.63) is 48.6 Å². The van der Waals surface area contributed by atoms with Crippen molar-refractivity contribution in [1.82, 2.24) is 0 Å². The smallest absolute Gasteiger partial charge is 0.462 e. The number of carbonyl (C=O) groups is 2. The van der Waals surface area contributed by atoms with Crippen LogP contribution in [-0.4, -0.2) is 74.9 Å². The number of phosphoric ester groups is 1. The van der Waals surface area contributed by atoms with Crippen molar-refractivity contribution in [3.63, 3.8) is 0 Å². The largest absolute Gasteiger partial charge is 0.472 e. The van der Waals surface area contributed by atoms with Crippen LogP contribution in [0.3, 0.4) is 0 Å². The predicted molar refractivity (Wildman–Crippen MR) is 206 cm³/mol. The van der Waals surface area contributed by atoms with Crippen LogP contribution in [-0.2, 0) is 32.7 Å². The fourth-order valence-corrected chi connectivity index (χ4v) is 5.48. The van der Waals surface area contributed by atoms with Crippen LogP contribution in [0, 0.1) is 0 Å². The maximum absolute atomic E-state index is 12.6. The van der Waals surface area contributed by atoms with E-state index in [1.165, 1.54) is 12.8 Å². The Labute approximate surface area is 305 Å². The number of phosphoric acid groups is 1. The van der Waals surface area contributed by atoms with Gasteiger partial charge in [-0.05, 0) is 64.2 Å². The quantitative estimate of drug-likeness (QED) is 0.0230. The lowest BCUT2D eigenvalue weighted by molar-refractivity contribution is -0.870. The van der Waals surface area contributed by atoms with Gasteiger partial charge in [0.2, 0.25) is 0 Å². The van der Waals surface area contributed by atoms with Crippen LogP contribution in [0.4, 0.5) is 0 Å². The summed E-state index contributed by atoms with van der Waals surface area (Å²) in [5.41, 5.74) is 0. The number of ether oxygens (including phenoxy) is 2. The fourth-order valence-electron chi connectivity index (χ4n) is 4.73. The van der Waals surface area contributed by atoms with Crippen molar-refractivity contribution in [2.75, 3.05) is 47.5 Å². The highest BCUT2D eigenvalue weighted by Gasteiger charge is 2.27. The van der Waals surface area contributed by atoms with Gasteiger partial charge in [0.25, 0.3) is 0 Å². The lowest BCUT2D eigenvalue weighted by Crippen LogP contribution is -2.37. The standard InChI is InChI=1S/C40H72NO8P/c1-6-8-10-12-14-16-18-20-22-24-26-28-30-32-39(42)46-36-38(37-48-50(44,45)47-35-34-41(3,4)5)49-40(43)33-31-29-27-25-23-21-19-17-15-13-11-9-7-2/h10-13,16-19,38H,6-9,14-15,20-37H2,1-5H3/p+1/b12-10-,13-11-,18-16-,19-17-. The molecule has 0 aliphatic rings. The minimum absolute atomic E-state index is 0.0246. The summed E-state index contributed by atoms with van der Waals surface area (Å²) < 4.78 is 34.1. The molecular weight excluding hydrogens is 653 g/mol. The molecule has 0 rings (SSSR count). The van der Waals surface area contributed by atoms with Gasteiger partial charge in [-0.3, -0.25) is 18.6 Å². The van der Waals surface area contributed by atoms with Gasteiger partial charge >= 0.3 is 19.8 Å². The Morgan fingerprint density at radius 3 is 1.58 bits per heavy atom. The highest BCUT2D eigenvalue weighted by atomic mass is 31.2. The molecular formula is C40H73NO8P+. The second-order valence-corrected chi connectivity index (χ2v) is 15.4. The number of hydrogen-bond donors (Lipinski definition) is 1. The number of rotatable bonds is 34. The van der Waals surface area contributed by atoms with E-state index in [2.05, 4.69) is 62.5 Å². The molecule has 290 valence electrons. The Balaban J connectivity index is 4.49. The Morgan fingerprint density at radius 2 is 1.08 bits per heavy atom. The number of unbranched alkanes of at least 4 members (excludes halogenated alkanes) is 12. The van der Waals surface area contributed by atoms with E-state index in [4.69, 9.17) is 18.5 Å². The summed E-state index contributed by atoms with van der Waals surface area (Å²) in [4.78, 5) is 35.2. The second kappa shape index (κ2) is 32.8. The number of quaternary nitrogens is 1. The summed E-state index contributed by atoms with van der Waals surface area (Å²) in [6, 6.07) is 0. The molecule has 0 aromatic carbocycles. The zero-order valence-corrected chi connectivity index (χ0v) is 33.3. The molecule has 50 heavy (non-hydrogen) atoms. The van der Waals surface area contributed by atoms with Crippen LogP contribution >= 0.6 is 7.82 Å². The van der Waals surface area contributed by atoms with E-state index in [0.29, 0.717) is 17.4 Å². The Bertz CT molecular complexity index is 1000. The molecule has 0 amide bonds. The zero-order chi connectivity index (χ0) is 37.2. The van der Waals surface area contributed by atoms with Gasteiger partial charge in [-0.1, -0.05) is 114 Å². The highest BCUT2D eigenvalue weighted by Crippen LogP contribution is 2.43. The first-order valence-corrected chi connectivity index (χ1v) is 20.9. The van der Waals surface area contributed by atoms with Gasteiger partial charge in [0, 0.05) is 12.8 Å². The third-order valence-electron chi connectivity index (χ3n) is 7.79. The van der Waals surface area contributed by atoms with E-state index in [-0.39, 0.29) is 32.0 Å². The molecule has 0 spiro atoms. The van der Waals surface area contributed by atoms with Gasteiger partial charge in [-0.25, -0.2) is 4.57 Å². The van der Waals surface area contributed by atoms with Crippen LogP contribution in [0.5, 0.6) is 0 Å². The molecule has 0 aliphatic heterocycles. The third kappa shape index (κ3) is 35.8. The second-order valence-electron chi connectivity index (χ2n) is 14.0. The monoisotopic (exact) mass is 727 g/mol. The summed E-state index contributed by atoms with van der Waals surface area (Å²) >= 11 is 0. The molecule has 9 nitrogen and oxygen atoms in total. The number of esters is 2. The number of carbonyl (C=O) groups excluding carboxylic acids is 2. The molecule has 0 bridgehead atoms. The van der Waals surface area contributed by atoms with E-state index < -0.39 is 26.5 Å². The first kappa shape index (κ1) is 48.0. The first-order valence-electron chi connectivity index (χ1n) is 19.4. The van der Waals surface area contributed by atoms with Crippen LogP contribution in [0.25, 0.3) is 0 Å². The molecule has 0 aromatic heterocycles. The summed E-state index contributed by atoms with van der Waals surface area (Å²) in [5, 5.41) is 0. The Morgan fingerprint density at radius 1 is 0.620 bits per heavy atom. The minimum atomic E-state index is -4.38. The van der Waals surface area contributed by atoms with Crippen molar-refractivity contribution >= 4 is 19.8 Å². The van der Waals surface area contributed by atoms with E-state index in [1.54, 1.807) is 0 Å². The Hall–Kier alpha value is -2.03. The molecule has 0 radical (unpaired) electrons. The van der Waals surface area contributed by atoms with Crippen LogP contribution in [0.2, 0.25) is 0 Å². The molecule has 0 aliphatic carbocycles. The molecule has 1 N–H and O–H groups in total. The summed E-state index contributed by atoms with van der Waals surface area (Å²) in [6.07, 6.45) is 35.8. The van der Waals surface area contributed by atoms with Crippen molar-refractivity contribution < 1.29 is 42.1 Å². The summed E-state index contributed by atoms with van der Waals surface area (Å²) in [6.45, 7) is 4.23. The summed E-state index contributed by atoms with van der Waals surface area (Å²) in [5.74, 6) is -0.838. The van der Waals surface area contributed by atoms with Crippen molar-refractivity contribution in [3.8, 4) is 0 Å². The highest BCUT2D eigenvalue weighted by molar-refractivity contribution is 7.47. The molecule has 0 saturated carbocycles. The van der Waals surface area contributed by atoms with E-state index in [0.717, 1.165) is 96.3 Å². The van der Waals surface area contributed by atoms with Gasteiger partial charge < -0.3 is 18.9 Å². The van der Waals surface area contributed by atoms with Gasteiger partial charge in [-0.2, -0.15) is 0 Å². The molecule has 0 fully saturated rings. The Kier molecular flexibility index (Phi) is 31.5. The number of likely N-dealkylation sites (N-methyl/N-ethyl adjacent to an activating group) is 1. The predicted octanol–water partition coefficient (Wildman–Crippen LogP) is 10.3. The van der Waals surface area contributed by atoms with E-state index >= 15 is 0 Å². The van der Waals surface area contributed by atoms with Crippen molar-refractivity contribution in [2.24, 2.45) is 0 Å². The third-order valence-corrected chi connectivity index (χ3v) is 8.78. The van der Waals surface area contributed by atoms with Crippen LogP contribution in [0.15, 0.2) is 48.6 Å². The van der Waals surface area contributed by atoms with Gasteiger partial charge in [0.05, 0.1) is 27.7 Å². The average molecular weight is 727 g/mol. The molecule has 10 heteroatoms. The molecule has 2 atom stereocenters.